The standard InChI is InChI=1S/C18H23N5O2/c1-12(2)23-16-11-19-22(18(16)13(3)21-23)9-8-17(24)20-14-6-5-7-15(10-14)25-4/h5-7,10-12H,8-9H2,1-4H3,(H,20,24). The zero-order valence-electron chi connectivity index (χ0n) is 15.0. The largest absolute Gasteiger partial charge is 0.497 e. The van der Waals surface area contributed by atoms with E-state index in [1.807, 2.05) is 40.7 Å². The van der Waals surface area contributed by atoms with E-state index in [1.54, 1.807) is 13.2 Å². The number of carbonyl (C=O) groups is 1. The number of nitrogens with zero attached hydrogens (tertiary/aromatic N) is 4. The highest BCUT2D eigenvalue weighted by Crippen LogP contribution is 2.21. The van der Waals surface area contributed by atoms with E-state index < -0.39 is 0 Å². The highest BCUT2D eigenvalue weighted by molar-refractivity contribution is 5.91. The number of hydrogen-bond acceptors (Lipinski definition) is 4. The zero-order valence-corrected chi connectivity index (χ0v) is 15.0. The number of carbonyl (C=O) groups excluding carboxylic acids is 1. The van der Waals surface area contributed by atoms with Crippen LogP contribution < -0.4 is 10.1 Å². The maximum absolute atomic E-state index is 12.2. The Balaban J connectivity index is 1.69. The van der Waals surface area contributed by atoms with E-state index in [0.717, 1.165) is 22.4 Å². The van der Waals surface area contributed by atoms with Crippen LogP contribution in [0.5, 0.6) is 5.75 Å². The number of nitrogens with one attached hydrogen (secondary N) is 1. The summed E-state index contributed by atoms with van der Waals surface area (Å²) in [4.78, 5) is 12.2. The smallest absolute Gasteiger partial charge is 0.226 e. The van der Waals surface area contributed by atoms with Crippen molar-refractivity contribution in [1.82, 2.24) is 19.6 Å². The van der Waals surface area contributed by atoms with Gasteiger partial charge >= 0.3 is 0 Å². The summed E-state index contributed by atoms with van der Waals surface area (Å²) in [5.41, 5.74) is 3.64. The van der Waals surface area contributed by atoms with Crippen molar-refractivity contribution in [1.29, 1.82) is 0 Å². The average molecular weight is 341 g/mol. The quantitative estimate of drug-likeness (QED) is 0.747. The molecule has 0 bridgehead atoms. The molecule has 3 aromatic rings. The van der Waals surface area contributed by atoms with Gasteiger partial charge in [-0.05, 0) is 32.9 Å². The molecular weight excluding hydrogens is 318 g/mol. The van der Waals surface area contributed by atoms with Gasteiger partial charge in [-0.15, -0.1) is 0 Å². The lowest BCUT2D eigenvalue weighted by Crippen LogP contribution is -2.15. The first-order chi connectivity index (χ1) is 12.0. The summed E-state index contributed by atoms with van der Waals surface area (Å²) in [5.74, 6) is 0.647. The van der Waals surface area contributed by atoms with E-state index in [0.29, 0.717) is 18.7 Å². The molecule has 7 nitrogen and oxygen atoms in total. The molecule has 1 aromatic carbocycles. The van der Waals surface area contributed by atoms with Crippen molar-refractivity contribution in [3.05, 3.63) is 36.2 Å². The third-order valence-corrected chi connectivity index (χ3v) is 4.06. The Hall–Kier alpha value is -2.83. The third kappa shape index (κ3) is 3.50. The molecule has 0 aliphatic carbocycles. The minimum atomic E-state index is -0.0641. The van der Waals surface area contributed by atoms with Crippen molar-refractivity contribution in [2.75, 3.05) is 12.4 Å². The number of fused-ring (bicyclic) bond motifs is 1. The lowest BCUT2D eigenvalue weighted by Gasteiger charge is -2.07. The number of hydrogen-bond donors (Lipinski definition) is 1. The molecule has 0 spiro atoms. The molecule has 2 heterocycles. The first kappa shape index (κ1) is 17.0. The highest BCUT2D eigenvalue weighted by atomic mass is 16.5. The second kappa shape index (κ2) is 6.96. The fourth-order valence-electron chi connectivity index (χ4n) is 2.87. The van der Waals surface area contributed by atoms with Crippen molar-refractivity contribution in [2.24, 2.45) is 0 Å². The lowest BCUT2D eigenvalue weighted by molar-refractivity contribution is -0.116. The summed E-state index contributed by atoms with van der Waals surface area (Å²) in [5, 5.41) is 11.9. The van der Waals surface area contributed by atoms with Crippen molar-refractivity contribution in [3.63, 3.8) is 0 Å². The van der Waals surface area contributed by atoms with Crippen molar-refractivity contribution < 1.29 is 9.53 Å². The molecule has 0 saturated heterocycles. The van der Waals surface area contributed by atoms with Crippen LogP contribution in [-0.4, -0.2) is 32.6 Å². The highest BCUT2D eigenvalue weighted by Gasteiger charge is 2.15. The number of anilines is 1. The molecule has 2 aromatic heterocycles. The van der Waals surface area contributed by atoms with Gasteiger partial charge in [-0.2, -0.15) is 10.2 Å². The van der Waals surface area contributed by atoms with Crippen LogP contribution in [-0.2, 0) is 11.3 Å². The predicted octanol–water partition coefficient (Wildman–Crippen LogP) is 3.16. The maximum Gasteiger partial charge on any atom is 0.226 e. The normalized spacial score (nSPS) is 11.2. The molecule has 0 atom stereocenters. The predicted molar refractivity (Wildman–Crippen MR) is 96.9 cm³/mol. The number of benzene rings is 1. The first-order valence-electron chi connectivity index (χ1n) is 8.34. The summed E-state index contributed by atoms with van der Waals surface area (Å²) in [6.45, 7) is 6.65. The molecule has 25 heavy (non-hydrogen) atoms. The minimum Gasteiger partial charge on any atom is -0.497 e. The van der Waals surface area contributed by atoms with Crippen LogP contribution in [0.3, 0.4) is 0 Å². The Morgan fingerprint density at radius 3 is 2.88 bits per heavy atom. The molecule has 0 unspecified atom stereocenters. The van der Waals surface area contributed by atoms with E-state index in [-0.39, 0.29) is 11.9 Å². The molecular formula is C18H23N5O2. The van der Waals surface area contributed by atoms with Gasteiger partial charge in [0.15, 0.2) is 0 Å². The number of rotatable bonds is 6. The van der Waals surface area contributed by atoms with Gasteiger partial charge < -0.3 is 10.1 Å². The summed E-state index contributed by atoms with van der Waals surface area (Å²) < 4.78 is 8.98. The molecule has 0 aliphatic rings. The molecule has 0 aliphatic heterocycles. The van der Waals surface area contributed by atoms with E-state index in [4.69, 9.17) is 4.74 Å². The van der Waals surface area contributed by atoms with Gasteiger partial charge in [0, 0.05) is 24.2 Å². The molecule has 3 rings (SSSR count). The van der Waals surface area contributed by atoms with Gasteiger partial charge in [0.05, 0.1) is 25.5 Å². The second-order valence-electron chi connectivity index (χ2n) is 6.26. The van der Waals surface area contributed by atoms with Gasteiger partial charge in [-0.25, -0.2) is 0 Å². The summed E-state index contributed by atoms with van der Waals surface area (Å²) in [6.07, 6.45) is 2.15. The fourth-order valence-corrected chi connectivity index (χ4v) is 2.87. The van der Waals surface area contributed by atoms with Crippen LogP contribution in [0.1, 0.15) is 32.0 Å². The van der Waals surface area contributed by atoms with Crippen LogP contribution in [0.4, 0.5) is 5.69 Å². The topological polar surface area (TPSA) is 74.0 Å². The number of aryl methyl sites for hydroxylation is 2. The molecule has 1 amide bonds. The van der Waals surface area contributed by atoms with Crippen molar-refractivity contribution in [2.45, 2.75) is 39.8 Å². The summed E-state index contributed by atoms with van der Waals surface area (Å²) >= 11 is 0. The Morgan fingerprint density at radius 1 is 1.36 bits per heavy atom. The van der Waals surface area contributed by atoms with Crippen LogP contribution in [0.15, 0.2) is 30.5 Å². The van der Waals surface area contributed by atoms with E-state index in [1.165, 1.54) is 0 Å². The van der Waals surface area contributed by atoms with Gasteiger partial charge in [-0.3, -0.25) is 14.2 Å². The van der Waals surface area contributed by atoms with Crippen LogP contribution in [0, 0.1) is 6.92 Å². The average Bonchev–Trinajstić information content (AvgIpc) is 3.14. The molecule has 0 fully saturated rings. The lowest BCUT2D eigenvalue weighted by atomic mass is 10.3. The Labute approximate surface area is 146 Å². The third-order valence-electron chi connectivity index (χ3n) is 4.06. The monoisotopic (exact) mass is 341 g/mol. The number of aromatic nitrogens is 4. The maximum atomic E-state index is 12.2. The summed E-state index contributed by atoms with van der Waals surface area (Å²) in [6, 6.07) is 7.58. The zero-order chi connectivity index (χ0) is 18.0. The van der Waals surface area contributed by atoms with Crippen molar-refractivity contribution in [3.8, 4) is 5.75 Å². The Bertz CT molecular complexity index is 894. The van der Waals surface area contributed by atoms with Gasteiger partial charge in [-0.1, -0.05) is 6.07 Å². The van der Waals surface area contributed by atoms with Gasteiger partial charge in [0.1, 0.15) is 16.8 Å². The molecule has 132 valence electrons. The minimum absolute atomic E-state index is 0.0641. The summed E-state index contributed by atoms with van der Waals surface area (Å²) in [7, 11) is 1.60. The van der Waals surface area contributed by atoms with E-state index in [2.05, 4.69) is 29.4 Å². The van der Waals surface area contributed by atoms with Crippen LogP contribution in [0.25, 0.3) is 11.0 Å². The number of methoxy groups -OCH3 is 1. The second-order valence-corrected chi connectivity index (χ2v) is 6.26. The molecule has 0 radical (unpaired) electrons. The van der Waals surface area contributed by atoms with Gasteiger partial charge in [0.2, 0.25) is 5.91 Å². The molecule has 7 heteroatoms. The Kier molecular flexibility index (Phi) is 4.74. The van der Waals surface area contributed by atoms with E-state index in [9.17, 15) is 4.79 Å². The van der Waals surface area contributed by atoms with Gasteiger partial charge in [0.25, 0.3) is 0 Å². The first-order valence-corrected chi connectivity index (χ1v) is 8.34. The molecule has 0 saturated carbocycles. The fraction of sp³-hybridized carbons (Fsp3) is 0.389. The Morgan fingerprint density at radius 2 is 2.16 bits per heavy atom. The van der Waals surface area contributed by atoms with Crippen LogP contribution >= 0.6 is 0 Å². The number of amides is 1. The van der Waals surface area contributed by atoms with Crippen molar-refractivity contribution >= 4 is 22.6 Å². The van der Waals surface area contributed by atoms with Crippen LogP contribution in [0.2, 0.25) is 0 Å². The number of ether oxygens (including phenoxy) is 1. The van der Waals surface area contributed by atoms with E-state index >= 15 is 0 Å². The molecule has 1 N–H and O–H groups in total. The SMILES string of the molecule is COc1cccc(NC(=O)CCn2ncc3c2c(C)nn3C(C)C)c1.